The highest BCUT2D eigenvalue weighted by atomic mass is 16.2. The highest BCUT2D eigenvalue weighted by Gasteiger charge is 2.26. The Morgan fingerprint density at radius 2 is 1.93 bits per heavy atom. The Morgan fingerprint density at radius 3 is 2.78 bits per heavy atom. The molecule has 0 bridgehead atoms. The maximum Gasteiger partial charge on any atom is 0.261 e. The topological polar surface area (TPSA) is 55.2 Å². The Labute approximate surface area is 160 Å². The molecule has 0 radical (unpaired) electrons. The smallest absolute Gasteiger partial charge is 0.261 e. The van der Waals surface area contributed by atoms with Crippen molar-refractivity contribution in [2.45, 2.75) is 77.3 Å². The van der Waals surface area contributed by atoms with Crippen LogP contribution >= 0.6 is 0 Å². The Kier molecular flexibility index (Phi) is 5.28. The van der Waals surface area contributed by atoms with Crippen molar-refractivity contribution in [2.24, 2.45) is 0 Å². The van der Waals surface area contributed by atoms with Crippen LogP contribution in [0.4, 0.5) is 0 Å². The van der Waals surface area contributed by atoms with Crippen molar-refractivity contribution in [2.75, 3.05) is 6.54 Å². The molecule has 1 amide bonds. The van der Waals surface area contributed by atoms with E-state index in [4.69, 9.17) is 4.98 Å². The summed E-state index contributed by atoms with van der Waals surface area (Å²) in [6, 6.07) is 5.77. The number of fused-ring (bicyclic) bond motifs is 2. The first-order chi connectivity index (χ1) is 13.2. The second-order valence-corrected chi connectivity index (χ2v) is 7.94. The van der Waals surface area contributed by atoms with E-state index in [-0.39, 0.29) is 11.5 Å². The van der Waals surface area contributed by atoms with Gasteiger partial charge in [-0.3, -0.25) is 14.2 Å². The number of amides is 1. The lowest BCUT2D eigenvalue weighted by Gasteiger charge is -2.35. The maximum atomic E-state index is 13.1. The molecule has 5 heteroatoms. The molecule has 1 atom stereocenters. The summed E-state index contributed by atoms with van der Waals surface area (Å²) in [5, 5.41) is 0.626. The van der Waals surface area contributed by atoms with E-state index in [2.05, 4.69) is 6.92 Å². The number of benzene rings is 1. The van der Waals surface area contributed by atoms with E-state index in [9.17, 15) is 9.59 Å². The summed E-state index contributed by atoms with van der Waals surface area (Å²) >= 11 is 0. The number of carbonyl (C=O) groups excluding carboxylic acids is 1. The van der Waals surface area contributed by atoms with E-state index in [1.807, 2.05) is 21.6 Å². The molecule has 2 aromatic rings. The number of aryl methyl sites for hydroxylation is 1. The lowest BCUT2D eigenvalue weighted by Crippen LogP contribution is -2.43. The average Bonchev–Trinajstić information content (AvgIpc) is 2.68. The van der Waals surface area contributed by atoms with Gasteiger partial charge in [-0.2, -0.15) is 0 Å². The summed E-state index contributed by atoms with van der Waals surface area (Å²) in [7, 11) is 0. The van der Waals surface area contributed by atoms with Crippen LogP contribution < -0.4 is 5.56 Å². The van der Waals surface area contributed by atoms with Crippen LogP contribution in [0.2, 0.25) is 0 Å². The summed E-state index contributed by atoms with van der Waals surface area (Å²) < 4.78 is 1.85. The number of hydrogen-bond acceptors (Lipinski definition) is 3. The van der Waals surface area contributed by atoms with Crippen LogP contribution in [0.15, 0.2) is 23.0 Å². The Bertz CT molecular complexity index is 902. The molecule has 1 saturated heterocycles. The summed E-state index contributed by atoms with van der Waals surface area (Å²) in [6.07, 6.45) is 9.66. The van der Waals surface area contributed by atoms with Gasteiger partial charge in [0.15, 0.2) is 0 Å². The molecule has 0 saturated carbocycles. The fourth-order valence-electron chi connectivity index (χ4n) is 4.59. The molecule has 144 valence electrons. The van der Waals surface area contributed by atoms with Gasteiger partial charge in [-0.15, -0.1) is 0 Å². The standard InChI is InChI=1S/C22H29N3O2/c1-2-17-9-6-8-13-24(17)21(26)16-11-12-18-19(15-16)23-20-10-5-3-4-7-14-25(20)22(18)27/h11-12,15,17H,2-10,13-14H2,1H3. The minimum Gasteiger partial charge on any atom is -0.336 e. The van der Waals surface area contributed by atoms with Gasteiger partial charge in [0.05, 0.1) is 10.9 Å². The van der Waals surface area contributed by atoms with Crippen molar-refractivity contribution >= 4 is 16.8 Å². The number of likely N-dealkylation sites (tertiary alicyclic amines) is 1. The molecule has 0 spiro atoms. The van der Waals surface area contributed by atoms with Gasteiger partial charge in [-0.05, 0) is 56.7 Å². The third-order valence-electron chi connectivity index (χ3n) is 6.17. The van der Waals surface area contributed by atoms with Gasteiger partial charge in [0.2, 0.25) is 0 Å². The van der Waals surface area contributed by atoms with Crippen molar-refractivity contribution in [1.82, 2.24) is 14.5 Å². The first-order valence-electron chi connectivity index (χ1n) is 10.5. The molecule has 5 nitrogen and oxygen atoms in total. The first-order valence-corrected chi connectivity index (χ1v) is 10.5. The molecular formula is C22H29N3O2. The zero-order valence-corrected chi connectivity index (χ0v) is 16.2. The molecule has 27 heavy (non-hydrogen) atoms. The van der Waals surface area contributed by atoms with Crippen LogP contribution in [0.5, 0.6) is 0 Å². The monoisotopic (exact) mass is 367 g/mol. The number of piperidine rings is 1. The molecule has 1 aromatic carbocycles. The number of carbonyl (C=O) groups is 1. The van der Waals surface area contributed by atoms with Crippen LogP contribution in [0.25, 0.3) is 10.9 Å². The van der Waals surface area contributed by atoms with Crippen molar-refractivity contribution < 1.29 is 4.79 Å². The fourth-order valence-corrected chi connectivity index (χ4v) is 4.59. The van der Waals surface area contributed by atoms with E-state index >= 15 is 0 Å². The van der Waals surface area contributed by atoms with Gasteiger partial charge in [0.1, 0.15) is 5.82 Å². The number of aromatic nitrogens is 2. The SMILES string of the molecule is CCC1CCCCN1C(=O)c1ccc2c(=O)n3c(nc2c1)CCCCCC3. The van der Waals surface area contributed by atoms with Crippen molar-refractivity contribution in [3.05, 3.63) is 39.9 Å². The highest BCUT2D eigenvalue weighted by Crippen LogP contribution is 2.23. The van der Waals surface area contributed by atoms with E-state index < -0.39 is 0 Å². The normalized spacial score (nSPS) is 20.8. The van der Waals surface area contributed by atoms with Crippen LogP contribution in [-0.4, -0.2) is 32.9 Å². The summed E-state index contributed by atoms with van der Waals surface area (Å²) in [6.45, 7) is 3.73. The van der Waals surface area contributed by atoms with E-state index in [1.165, 1.54) is 19.3 Å². The summed E-state index contributed by atoms with van der Waals surface area (Å²) in [4.78, 5) is 32.9. The van der Waals surface area contributed by atoms with E-state index in [0.29, 0.717) is 22.5 Å². The Hall–Kier alpha value is -2.17. The zero-order chi connectivity index (χ0) is 18.8. The van der Waals surface area contributed by atoms with E-state index in [1.54, 1.807) is 6.07 Å². The minimum atomic E-state index is 0.0420. The molecule has 1 aromatic heterocycles. The molecular weight excluding hydrogens is 338 g/mol. The van der Waals surface area contributed by atoms with Crippen LogP contribution in [0, 0.1) is 0 Å². The van der Waals surface area contributed by atoms with Gasteiger partial charge in [0, 0.05) is 31.1 Å². The number of rotatable bonds is 2. The first kappa shape index (κ1) is 18.2. The van der Waals surface area contributed by atoms with Crippen molar-refractivity contribution in [3.8, 4) is 0 Å². The molecule has 1 unspecified atom stereocenters. The third kappa shape index (κ3) is 3.52. The highest BCUT2D eigenvalue weighted by molar-refractivity contribution is 5.97. The zero-order valence-electron chi connectivity index (χ0n) is 16.2. The van der Waals surface area contributed by atoms with Crippen LogP contribution in [0.1, 0.15) is 74.5 Å². The van der Waals surface area contributed by atoms with E-state index in [0.717, 1.165) is 57.4 Å². The lowest BCUT2D eigenvalue weighted by molar-refractivity contribution is 0.0608. The molecule has 2 aliphatic heterocycles. The quantitative estimate of drug-likeness (QED) is 0.808. The van der Waals surface area contributed by atoms with Crippen molar-refractivity contribution in [1.29, 1.82) is 0 Å². The summed E-state index contributed by atoms with van der Waals surface area (Å²) in [5.74, 6) is 0.957. The average molecular weight is 367 g/mol. The second kappa shape index (κ2) is 7.83. The molecule has 1 fully saturated rings. The minimum absolute atomic E-state index is 0.0420. The molecule has 0 N–H and O–H groups in total. The van der Waals surface area contributed by atoms with Crippen LogP contribution in [-0.2, 0) is 13.0 Å². The van der Waals surface area contributed by atoms with Gasteiger partial charge in [-0.25, -0.2) is 4.98 Å². The lowest BCUT2D eigenvalue weighted by atomic mass is 9.98. The molecule has 2 aliphatic rings. The molecule has 3 heterocycles. The Morgan fingerprint density at radius 1 is 1.11 bits per heavy atom. The largest absolute Gasteiger partial charge is 0.336 e. The predicted octanol–water partition coefficient (Wildman–Crippen LogP) is 3.92. The van der Waals surface area contributed by atoms with Crippen LogP contribution in [0.3, 0.4) is 0 Å². The fraction of sp³-hybridized carbons (Fsp3) is 0.591. The number of hydrogen-bond donors (Lipinski definition) is 0. The van der Waals surface area contributed by atoms with Gasteiger partial charge < -0.3 is 4.90 Å². The predicted molar refractivity (Wildman–Crippen MR) is 107 cm³/mol. The van der Waals surface area contributed by atoms with Crippen molar-refractivity contribution in [3.63, 3.8) is 0 Å². The Balaban J connectivity index is 1.72. The van der Waals surface area contributed by atoms with Gasteiger partial charge >= 0.3 is 0 Å². The third-order valence-corrected chi connectivity index (χ3v) is 6.17. The van der Waals surface area contributed by atoms with Gasteiger partial charge in [-0.1, -0.05) is 19.8 Å². The summed E-state index contributed by atoms with van der Waals surface area (Å²) in [5.41, 5.74) is 1.37. The maximum absolute atomic E-state index is 13.1. The molecule has 0 aliphatic carbocycles. The van der Waals surface area contributed by atoms with Gasteiger partial charge in [0.25, 0.3) is 11.5 Å². The number of nitrogens with zero attached hydrogens (tertiary/aromatic N) is 3. The second-order valence-electron chi connectivity index (χ2n) is 7.94. The molecule has 4 rings (SSSR count).